The zero-order valence-corrected chi connectivity index (χ0v) is 13.5. The molecule has 0 spiro atoms. The molecule has 4 nitrogen and oxygen atoms in total. The number of aryl methyl sites for hydroxylation is 2. The van der Waals surface area contributed by atoms with Crippen LogP contribution in [0.5, 0.6) is 5.75 Å². The summed E-state index contributed by atoms with van der Waals surface area (Å²) in [6.07, 6.45) is 0.410. The summed E-state index contributed by atoms with van der Waals surface area (Å²) in [6, 6.07) is 6.05. The molecule has 20 heavy (non-hydrogen) atoms. The van der Waals surface area contributed by atoms with E-state index in [9.17, 15) is 4.79 Å². The van der Waals surface area contributed by atoms with Gasteiger partial charge in [-0.25, -0.2) is 0 Å². The van der Waals surface area contributed by atoms with Crippen molar-refractivity contribution in [3.05, 3.63) is 29.3 Å². The zero-order chi connectivity index (χ0) is 14.3. The van der Waals surface area contributed by atoms with E-state index in [0.29, 0.717) is 13.0 Å². The van der Waals surface area contributed by atoms with Gasteiger partial charge in [-0.1, -0.05) is 17.7 Å². The number of nitrogens with one attached hydrogen (secondary N) is 1. The molecule has 0 radical (unpaired) electrons. The lowest BCUT2D eigenvalue weighted by atomic mass is 10.1. The first-order valence-electron chi connectivity index (χ1n) is 6.63. The van der Waals surface area contributed by atoms with Crippen molar-refractivity contribution in [1.29, 1.82) is 0 Å². The molecule has 0 saturated heterocycles. The van der Waals surface area contributed by atoms with E-state index in [1.54, 1.807) is 4.90 Å². The molecular weight excluding hydrogens is 276 g/mol. The number of ether oxygens (including phenoxy) is 1. The third-order valence-corrected chi connectivity index (χ3v) is 3.03. The molecule has 1 amide bonds. The van der Waals surface area contributed by atoms with Gasteiger partial charge < -0.3 is 15.0 Å². The maximum atomic E-state index is 11.8. The summed E-state index contributed by atoms with van der Waals surface area (Å²) >= 11 is 0. The Bertz CT molecular complexity index is 424. The fraction of sp³-hybridized carbons (Fsp3) is 0.533. The zero-order valence-electron chi connectivity index (χ0n) is 12.7. The average Bonchev–Trinajstić information content (AvgIpc) is 2.38. The van der Waals surface area contributed by atoms with Crippen LogP contribution in [-0.4, -0.2) is 44.6 Å². The lowest BCUT2D eigenvalue weighted by Gasteiger charge is -2.17. The predicted molar refractivity (Wildman–Crippen MR) is 84.8 cm³/mol. The molecule has 1 N–H and O–H groups in total. The third-order valence-electron chi connectivity index (χ3n) is 3.03. The van der Waals surface area contributed by atoms with Crippen LogP contribution in [0.2, 0.25) is 0 Å². The highest BCUT2D eigenvalue weighted by atomic mass is 35.5. The molecule has 114 valence electrons. The Morgan fingerprint density at radius 2 is 2.05 bits per heavy atom. The van der Waals surface area contributed by atoms with Gasteiger partial charge in [-0.05, 0) is 32.5 Å². The van der Waals surface area contributed by atoms with Crippen LogP contribution < -0.4 is 10.1 Å². The van der Waals surface area contributed by atoms with E-state index < -0.39 is 0 Å². The molecule has 1 aromatic carbocycles. The molecule has 1 rings (SSSR count). The Labute approximate surface area is 127 Å². The fourth-order valence-corrected chi connectivity index (χ4v) is 1.80. The second kappa shape index (κ2) is 9.61. The van der Waals surface area contributed by atoms with Crippen molar-refractivity contribution in [1.82, 2.24) is 10.2 Å². The van der Waals surface area contributed by atoms with Crippen molar-refractivity contribution >= 4 is 18.3 Å². The SMILES string of the molecule is CNCCN(C)C(=O)CCOc1ccc(C)cc1C.Cl. The smallest absolute Gasteiger partial charge is 0.225 e. The highest BCUT2D eigenvalue weighted by Crippen LogP contribution is 2.18. The number of carbonyl (C=O) groups is 1. The molecule has 0 atom stereocenters. The topological polar surface area (TPSA) is 41.6 Å². The second-order valence-electron chi connectivity index (χ2n) is 4.79. The second-order valence-corrected chi connectivity index (χ2v) is 4.79. The van der Waals surface area contributed by atoms with E-state index in [1.807, 2.05) is 33.2 Å². The van der Waals surface area contributed by atoms with Crippen molar-refractivity contribution in [2.24, 2.45) is 0 Å². The number of likely N-dealkylation sites (N-methyl/N-ethyl adjacent to an activating group) is 2. The van der Waals surface area contributed by atoms with Crippen LogP contribution in [0.3, 0.4) is 0 Å². The fourth-order valence-electron chi connectivity index (χ4n) is 1.80. The van der Waals surface area contributed by atoms with Crippen LogP contribution in [-0.2, 0) is 4.79 Å². The highest BCUT2D eigenvalue weighted by Gasteiger charge is 2.08. The predicted octanol–water partition coefficient (Wildman–Crippen LogP) is 2.17. The Kier molecular flexibility index (Phi) is 9.01. The maximum Gasteiger partial charge on any atom is 0.225 e. The number of rotatable bonds is 7. The third kappa shape index (κ3) is 6.26. The van der Waals surface area contributed by atoms with Gasteiger partial charge in [-0.2, -0.15) is 0 Å². The van der Waals surface area contributed by atoms with Crippen LogP contribution in [0.4, 0.5) is 0 Å². The molecule has 0 unspecified atom stereocenters. The molecule has 1 aromatic rings. The van der Waals surface area contributed by atoms with Gasteiger partial charge in [-0.15, -0.1) is 12.4 Å². The number of carbonyl (C=O) groups excluding carboxylic acids is 1. The van der Waals surface area contributed by atoms with Crippen LogP contribution in [0, 0.1) is 13.8 Å². The van der Waals surface area contributed by atoms with E-state index in [1.165, 1.54) is 5.56 Å². The summed E-state index contributed by atoms with van der Waals surface area (Å²) in [5.41, 5.74) is 2.32. The highest BCUT2D eigenvalue weighted by molar-refractivity contribution is 5.85. The van der Waals surface area contributed by atoms with Gasteiger partial charge in [0.15, 0.2) is 0 Å². The number of hydrogen-bond acceptors (Lipinski definition) is 3. The molecule has 0 aromatic heterocycles. The summed E-state index contributed by atoms with van der Waals surface area (Å²) in [4.78, 5) is 13.5. The molecule has 0 aliphatic heterocycles. The Morgan fingerprint density at radius 1 is 1.35 bits per heavy atom. The minimum atomic E-state index is 0. The lowest BCUT2D eigenvalue weighted by Crippen LogP contribution is -2.33. The van der Waals surface area contributed by atoms with Crippen molar-refractivity contribution in [2.75, 3.05) is 33.8 Å². The van der Waals surface area contributed by atoms with Crippen LogP contribution >= 0.6 is 12.4 Å². The van der Waals surface area contributed by atoms with E-state index in [4.69, 9.17) is 4.74 Å². The lowest BCUT2D eigenvalue weighted by molar-refractivity contribution is -0.130. The van der Waals surface area contributed by atoms with E-state index >= 15 is 0 Å². The Morgan fingerprint density at radius 3 is 2.65 bits per heavy atom. The van der Waals surface area contributed by atoms with Gasteiger partial charge in [0.1, 0.15) is 5.75 Å². The summed E-state index contributed by atoms with van der Waals surface area (Å²) in [6.45, 7) is 6.02. The van der Waals surface area contributed by atoms with Gasteiger partial charge in [0, 0.05) is 20.1 Å². The molecule has 0 fully saturated rings. The quantitative estimate of drug-likeness (QED) is 0.839. The number of nitrogens with zero attached hydrogens (tertiary/aromatic N) is 1. The maximum absolute atomic E-state index is 11.8. The van der Waals surface area contributed by atoms with E-state index in [-0.39, 0.29) is 18.3 Å². The first-order chi connectivity index (χ1) is 9.04. The summed E-state index contributed by atoms with van der Waals surface area (Å²) in [7, 11) is 3.69. The summed E-state index contributed by atoms with van der Waals surface area (Å²) < 4.78 is 5.65. The monoisotopic (exact) mass is 300 g/mol. The van der Waals surface area contributed by atoms with Crippen molar-refractivity contribution in [3.8, 4) is 5.75 Å². The molecule has 0 aliphatic rings. The average molecular weight is 301 g/mol. The van der Waals surface area contributed by atoms with Crippen LogP contribution in [0.1, 0.15) is 17.5 Å². The molecule has 0 heterocycles. The number of hydrogen-bond donors (Lipinski definition) is 1. The van der Waals surface area contributed by atoms with Crippen molar-refractivity contribution in [2.45, 2.75) is 20.3 Å². The van der Waals surface area contributed by atoms with E-state index in [2.05, 4.69) is 18.3 Å². The molecule has 5 heteroatoms. The van der Waals surface area contributed by atoms with Gasteiger partial charge in [0.2, 0.25) is 5.91 Å². The van der Waals surface area contributed by atoms with Gasteiger partial charge in [-0.3, -0.25) is 4.79 Å². The molecule has 0 saturated carbocycles. The minimum absolute atomic E-state index is 0. The van der Waals surface area contributed by atoms with Crippen molar-refractivity contribution < 1.29 is 9.53 Å². The largest absolute Gasteiger partial charge is 0.493 e. The normalized spacial score (nSPS) is 9.80. The number of benzene rings is 1. The Balaban J connectivity index is 0.00000361. The molecule has 0 bridgehead atoms. The van der Waals surface area contributed by atoms with Crippen LogP contribution in [0.15, 0.2) is 18.2 Å². The van der Waals surface area contributed by atoms with Crippen molar-refractivity contribution in [3.63, 3.8) is 0 Å². The number of halogens is 1. The molecular formula is C15H25ClN2O2. The van der Waals surface area contributed by atoms with Gasteiger partial charge in [0.05, 0.1) is 13.0 Å². The Hall–Kier alpha value is -1.26. The van der Waals surface area contributed by atoms with Gasteiger partial charge >= 0.3 is 0 Å². The first-order valence-corrected chi connectivity index (χ1v) is 6.63. The molecule has 0 aliphatic carbocycles. The van der Waals surface area contributed by atoms with E-state index in [0.717, 1.165) is 24.4 Å². The summed E-state index contributed by atoms with van der Waals surface area (Å²) in [5, 5.41) is 3.02. The minimum Gasteiger partial charge on any atom is -0.493 e. The van der Waals surface area contributed by atoms with Crippen LogP contribution in [0.25, 0.3) is 0 Å². The number of amides is 1. The summed E-state index contributed by atoms with van der Waals surface area (Å²) in [5.74, 6) is 0.969. The van der Waals surface area contributed by atoms with Gasteiger partial charge in [0.25, 0.3) is 0 Å². The first kappa shape index (κ1) is 18.7. The standard InChI is InChI=1S/C15H24N2O2.ClH/c1-12-5-6-14(13(2)11-12)19-10-7-15(18)17(4)9-8-16-3;/h5-6,11,16H,7-10H2,1-4H3;1H.